The third-order valence-electron chi connectivity index (χ3n) is 3.26. The van der Waals surface area contributed by atoms with Crippen LogP contribution in [0.15, 0.2) is 30.5 Å². The molecule has 1 aromatic heterocycles. The van der Waals surface area contributed by atoms with E-state index in [1.807, 2.05) is 38.1 Å². The number of methoxy groups -OCH3 is 1. The van der Waals surface area contributed by atoms with Crippen molar-refractivity contribution in [2.45, 2.75) is 13.8 Å². The summed E-state index contributed by atoms with van der Waals surface area (Å²) in [5, 5.41) is 0.835. The maximum Gasteiger partial charge on any atom is 0.316 e. The summed E-state index contributed by atoms with van der Waals surface area (Å²) in [5.74, 6) is -1.54. The van der Waals surface area contributed by atoms with Gasteiger partial charge in [-0.1, -0.05) is 32.0 Å². The number of carbonyl (C=O) groups excluding carboxylic acids is 2. The summed E-state index contributed by atoms with van der Waals surface area (Å²) in [6.45, 7) is 3.68. The molecule has 1 N–H and O–H groups in total. The first-order valence-electron chi connectivity index (χ1n) is 6.24. The molecule has 0 radical (unpaired) electrons. The highest BCUT2D eigenvalue weighted by molar-refractivity contribution is 6.15. The Morgan fingerprint density at radius 2 is 1.89 bits per heavy atom. The number of benzene rings is 1. The van der Waals surface area contributed by atoms with Gasteiger partial charge in [-0.05, 0) is 12.0 Å². The number of hydrogen-bond acceptors (Lipinski definition) is 3. The van der Waals surface area contributed by atoms with Crippen LogP contribution in [0.5, 0.6) is 0 Å². The molecule has 1 unspecified atom stereocenters. The predicted molar refractivity (Wildman–Crippen MR) is 73.0 cm³/mol. The molecular formula is C15H17NO3. The molecule has 1 atom stereocenters. The van der Waals surface area contributed by atoms with Gasteiger partial charge in [-0.2, -0.15) is 0 Å². The highest BCUT2D eigenvalue weighted by Crippen LogP contribution is 2.24. The normalized spacial score (nSPS) is 12.6. The van der Waals surface area contributed by atoms with Crippen molar-refractivity contribution >= 4 is 22.7 Å². The smallest absolute Gasteiger partial charge is 0.316 e. The number of rotatable bonds is 4. The maximum absolute atomic E-state index is 12.5. The zero-order chi connectivity index (χ0) is 14.0. The third kappa shape index (κ3) is 2.38. The topological polar surface area (TPSA) is 59.2 Å². The molecule has 0 saturated carbocycles. The lowest BCUT2D eigenvalue weighted by molar-refractivity contribution is -0.144. The van der Waals surface area contributed by atoms with Crippen molar-refractivity contribution in [1.82, 2.24) is 4.98 Å². The number of ether oxygens (including phenoxy) is 1. The Hall–Kier alpha value is -2.10. The molecule has 19 heavy (non-hydrogen) atoms. The van der Waals surface area contributed by atoms with Crippen molar-refractivity contribution in [3.63, 3.8) is 0 Å². The summed E-state index contributed by atoms with van der Waals surface area (Å²) < 4.78 is 4.73. The maximum atomic E-state index is 12.5. The van der Waals surface area contributed by atoms with Crippen LogP contribution in [0.3, 0.4) is 0 Å². The van der Waals surface area contributed by atoms with Crippen molar-refractivity contribution in [2.75, 3.05) is 7.11 Å². The molecule has 0 aliphatic heterocycles. The lowest BCUT2D eigenvalue weighted by atomic mass is 9.88. The summed E-state index contributed by atoms with van der Waals surface area (Å²) in [5.41, 5.74) is 1.43. The van der Waals surface area contributed by atoms with Gasteiger partial charge in [-0.3, -0.25) is 9.59 Å². The fraction of sp³-hybridized carbons (Fsp3) is 0.333. The van der Waals surface area contributed by atoms with E-state index < -0.39 is 11.9 Å². The van der Waals surface area contributed by atoms with E-state index in [1.54, 1.807) is 6.20 Å². The van der Waals surface area contributed by atoms with Gasteiger partial charge in [-0.15, -0.1) is 0 Å². The van der Waals surface area contributed by atoms with E-state index in [0.29, 0.717) is 5.56 Å². The second kappa shape index (κ2) is 5.26. The molecule has 0 aliphatic rings. The van der Waals surface area contributed by atoms with E-state index >= 15 is 0 Å². The van der Waals surface area contributed by atoms with Crippen LogP contribution in [-0.2, 0) is 9.53 Å². The third-order valence-corrected chi connectivity index (χ3v) is 3.26. The number of hydrogen-bond donors (Lipinski definition) is 1. The van der Waals surface area contributed by atoms with Crippen LogP contribution in [-0.4, -0.2) is 23.8 Å². The summed E-state index contributed by atoms with van der Waals surface area (Å²) in [7, 11) is 1.31. The molecule has 4 nitrogen and oxygen atoms in total. The van der Waals surface area contributed by atoms with E-state index in [0.717, 1.165) is 10.9 Å². The molecule has 2 rings (SSSR count). The van der Waals surface area contributed by atoms with Crippen molar-refractivity contribution < 1.29 is 14.3 Å². The quantitative estimate of drug-likeness (QED) is 0.522. The van der Waals surface area contributed by atoms with Crippen LogP contribution >= 0.6 is 0 Å². The van der Waals surface area contributed by atoms with Crippen molar-refractivity contribution in [1.29, 1.82) is 0 Å². The monoisotopic (exact) mass is 259 g/mol. The average Bonchev–Trinajstić information content (AvgIpc) is 2.81. The van der Waals surface area contributed by atoms with Crippen LogP contribution in [0.4, 0.5) is 0 Å². The number of aromatic amines is 1. The van der Waals surface area contributed by atoms with E-state index in [1.165, 1.54) is 7.11 Å². The van der Waals surface area contributed by atoms with Gasteiger partial charge in [0.25, 0.3) is 0 Å². The molecular weight excluding hydrogens is 242 g/mol. The van der Waals surface area contributed by atoms with E-state index in [-0.39, 0.29) is 11.7 Å². The number of fused-ring (bicyclic) bond motifs is 1. The highest BCUT2D eigenvalue weighted by atomic mass is 16.5. The molecule has 0 bridgehead atoms. The lowest BCUT2D eigenvalue weighted by Gasteiger charge is -2.16. The Morgan fingerprint density at radius 1 is 1.21 bits per heavy atom. The van der Waals surface area contributed by atoms with Gasteiger partial charge in [0, 0.05) is 22.7 Å². The van der Waals surface area contributed by atoms with E-state index in [2.05, 4.69) is 4.98 Å². The number of Topliss-reactive ketones (excluding diaryl/α,β-unsaturated/α-hetero) is 1. The second-order valence-electron chi connectivity index (χ2n) is 4.86. The Labute approximate surface area is 111 Å². The van der Waals surface area contributed by atoms with Gasteiger partial charge in [0.1, 0.15) is 5.92 Å². The Morgan fingerprint density at radius 3 is 2.53 bits per heavy atom. The summed E-state index contributed by atoms with van der Waals surface area (Å²) in [4.78, 5) is 27.4. The molecule has 0 aliphatic carbocycles. The molecule has 0 amide bonds. The Bertz CT molecular complexity index is 613. The number of ketones is 1. The van der Waals surface area contributed by atoms with Crippen molar-refractivity contribution in [3.8, 4) is 0 Å². The number of H-pyrrole nitrogens is 1. The van der Waals surface area contributed by atoms with E-state index in [9.17, 15) is 9.59 Å². The van der Waals surface area contributed by atoms with Gasteiger partial charge in [-0.25, -0.2) is 0 Å². The van der Waals surface area contributed by atoms with Crippen LogP contribution in [0, 0.1) is 11.8 Å². The first-order chi connectivity index (χ1) is 9.06. The predicted octanol–water partition coefficient (Wildman–Crippen LogP) is 2.80. The van der Waals surface area contributed by atoms with Gasteiger partial charge in [0.15, 0.2) is 5.78 Å². The number of nitrogens with one attached hydrogen (secondary N) is 1. The lowest BCUT2D eigenvalue weighted by Crippen LogP contribution is -2.30. The SMILES string of the molecule is COC(=O)C(C(=O)c1c[nH]c2ccccc12)C(C)C. The fourth-order valence-electron chi connectivity index (χ4n) is 2.25. The van der Waals surface area contributed by atoms with Crippen molar-refractivity contribution in [3.05, 3.63) is 36.0 Å². The molecule has 0 saturated heterocycles. The number of carbonyl (C=O) groups is 2. The number of para-hydroxylation sites is 1. The molecule has 0 spiro atoms. The van der Waals surface area contributed by atoms with Crippen LogP contribution in [0.1, 0.15) is 24.2 Å². The zero-order valence-electron chi connectivity index (χ0n) is 11.3. The van der Waals surface area contributed by atoms with Gasteiger partial charge < -0.3 is 9.72 Å². The van der Waals surface area contributed by atoms with Gasteiger partial charge >= 0.3 is 5.97 Å². The minimum absolute atomic E-state index is 0.103. The fourth-order valence-corrected chi connectivity index (χ4v) is 2.25. The molecule has 1 heterocycles. The van der Waals surface area contributed by atoms with Crippen LogP contribution < -0.4 is 0 Å². The first-order valence-corrected chi connectivity index (χ1v) is 6.24. The zero-order valence-corrected chi connectivity index (χ0v) is 11.3. The van der Waals surface area contributed by atoms with Crippen LogP contribution in [0.25, 0.3) is 10.9 Å². The van der Waals surface area contributed by atoms with Crippen molar-refractivity contribution in [2.24, 2.45) is 11.8 Å². The Kier molecular flexibility index (Phi) is 3.69. The standard InChI is InChI=1S/C15H17NO3/c1-9(2)13(15(18)19-3)14(17)11-8-16-12-7-5-4-6-10(11)12/h4-9,13,16H,1-3H3. The molecule has 1 aromatic carbocycles. The molecule has 2 aromatic rings. The average molecular weight is 259 g/mol. The highest BCUT2D eigenvalue weighted by Gasteiger charge is 2.32. The summed E-state index contributed by atoms with van der Waals surface area (Å²) in [6.07, 6.45) is 1.66. The largest absolute Gasteiger partial charge is 0.468 e. The second-order valence-corrected chi connectivity index (χ2v) is 4.86. The van der Waals surface area contributed by atoms with Gasteiger partial charge in [0.05, 0.1) is 7.11 Å². The first kappa shape index (κ1) is 13.3. The minimum Gasteiger partial charge on any atom is -0.468 e. The number of aromatic nitrogens is 1. The number of esters is 1. The summed E-state index contributed by atoms with van der Waals surface area (Å²) in [6, 6.07) is 7.53. The summed E-state index contributed by atoms with van der Waals surface area (Å²) >= 11 is 0. The molecule has 4 heteroatoms. The minimum atomic E-state index is -0.760. The molecule has 0 fully saturated rings. The van der Waals surface area contributed by atoms with Crippen LogP contribution in [0.2, 0.25) is 0 Å². The Balaban J connectivity index is 2.45. The molecule has 100 valence electrons. The van der Waals surface area contributed by atoms with Gasteiger partial charge in [0.2, 0.25) is 0 Å². The van der Waals surface area contributed by atoms with E-state index in [4.69, 9.17) is 4.74 Å².